The van der Waals surface area contributed by atoms with Crippen molar-refractivity contribution < 1.29 is 17.9 Å². The van der Waals surface area contributed by atoms with Crippen molar-refractivity contribution in [3.05, 3.63) is 46.5 Å². The van der Waals surface area contributed by atoms with Crippen LogP contribution in [0.15, 0.2) is 35.2 Å². The Morgan fingerprint density at radius 3 is 2.55 bits per heavy atom. The number of rotatable bonds is 3. The molecule has 0 unspecified atom stereocenters. The molecule has 0 atom stereocenters. The third-order valence-corrected chi connectivity index (χ3v) is 5.30. The average Bonchev–Trinajstić information content (AvgIpc) is 2.89. The van der Waals surface area contributed by atoms with Gasteiger partial charge in [0.15, 0.2) is 11.5 Å². The first kappa shape index (κ1) is 15.0. The Kier molecular flexibility index (Phi) is 3.66. The summed E-state index contributed by atoms with van der Waals surface area (Å²) < 4.78 is 38.1. The van der Waals surface area contributed by atoms with E-state index in [1.807, 2.05) is 0 Å². The van der Waals surface area contributed by atoms with Crippen molar-refractivity contribution in [3.8, 4) is 11.5 Å². The molecule has 0 aliphatic carbocycles. The van der Waals surface area contributed by atoms with Crippen LogP contribution in [0.3, 0.4) is 0 Å². The number of benzene rings is 2. The van der Waals surface area contributed by atoms with Crippen LogP contribution in [0.1, 0.15) is 11.1 Å². The van der Waals surface area contributed by atoms with E-state index in [1.54, 1.807) is 44.2 Å². The van der Waals surface area contributed by atoms with E-state index in [2.05, 4.69) is 4.72 Å². The molecule has 0 bridgehead atoms. The molecule has 116 valence electrons. The molecule has 1 aliphatic heterocycles. The Balaban J connectivity index is 1.96. The van der Waals surface area contributed by atoms with Gasteiger partial charge in [-0.3, -0.25) is 4.72 Å². The first-order chi connectivity index (χ1) is 10.4. The van der Waals surface area contributed by atoms with Gasteiger partial charge in [0.2, 0.25) is 6.79 Å². The van der Waals surface area contributed by atoms with Gasteiger partial charge in [-0.25, -0.2) is 8.42 Å². The van der Waals surface area contributed by atoms with Gasteiger partial charge in [-0.15, -0.1) is 0 Å². The summed E-state index contributed by atoms with van der Waals surface area (Å²) in [6.07, 6.45) is 0. The third kappa shape index (κ3) is 2.71. The zero-order valence-corrected chi connectivity index (χ0v) is 13.6. The Bertz CT molecular complexity index is 849. The predicted molar refractivity (Wildman–Crippen MR) is 84.3 cm³/mol. The van der Waals surface area contributed by atoms with E-state index in [1.165, 1.54) is 0 Å². The molecule has 7 heteroatoms. The van der Waals surface area contributed by atoms with E-state index in [0.717, 1.165) is 0 Å². The largest absolute Gasteiger partial charge is 0.454 e. The Morgan fingerprint density at radius 2 is 1.77 bits per heavy atom. The smallest absolute Gasteiger partial charge is 0.262 e. The summed E-state index contributed by atoms with van der Waals surface area (Å²) in [5.74, 6) is 1.12. The Hall–Kier alpha value is -1.92. The van der Waals surface area contributed by atoms with E-state index in [9.17, 15) is 8.42 Å². The van der Waals surface area contributed by atoms with Crippen molar-refractivity contribution >= 4 is 27.3 Å². The number of halogens is 1. The van der Waals surface area contributed by atoms with E-state index in [4.69, 9.17) is 21.1 Å². The van der Waals surface area contributed by atoms with Crippen LogP contribution in [0.2, 0.25) is 5.02 Å². The van der Waals surface area contributed by atoms with Gasteiger partial charge in [-0.05, 0) is 49.2 Å². The number of aryl methyl sites for hydroxylation is 2. The molecule has 0 spiro atoms. The number of fused-ring (bicyclic) bond motifs is 1. The molecule has 0 saturated heterocycles. The summed E-state index contributed by atoms with van der Waals surface area (Å²) >= 11 is 6.01. The number of hydrogen-bond acceptors (Lipinski definition) is 4. The SMILES string of the molecule is Cc1cc(S(=O)(=O)Nc2ccc3c(c2)OCO3)c(C)cc1Cl. The van der Waals surface area contributed by atoms with E-state index >= 15 is 0 Å². The summed E-state index contributed by atoms with van der Waals surface area (Å²) in [6.45, 7) is 3.61. The third-order valence-electron chi connectivity index (χ3n) is 3.37. The first-order valence-electron chi connectivity index (χ1n) is 6.56. The molecule has 0 radical (unpaired) electrons. The molecule has 0 saturated carbocycles. The monoisotopic (exact) mass is 339 g/mol. The minimum Gasteiger partial charge on any atom is -0.454 e. The van der Waals surface area contributed by atoms with Crippen LogP contribution in [0.4, 0.5) is 5.69 Å². The van der Waals surface area contributed by atoms with Gasteiger partial charge in [0.25, 0.3) is 10.0 Å². The second kappa shape index (κ2) is 5.37. The van der Waals surface area contributed by atoms with Crippen LogP contribution in [0.5, 0.6) is 11.5 Å². The topological polar surface area (TPSA) is 64.6 Å². The number of hydrogen-bond donors (Lipinski definition) is 1. The molecule has 1 aliphatic rings. The molecule has 5 nitrogen and oxygen atoms in total. The first-order valence-corrected chi connectivity index (χ1v) is 8.42. The quantitative estimate of drug-likeness (QED) is 0.929. The molecule has 0 fully saturated rings. The number of anilines is 1. The fraction of sp³-hybridized carbons (Fsp3) is 0.200. The summed E-state index contributed by atoms with van der Waals surface area (Å²) in [5, 5.41) is 0.541. The highest BCUT2D eigenvalue weighted by Crippen LogP contribution is 2.35. The maximum atomic E-state index is 12.6. The molecular formula is C15H14ClNO4S. The molecule has 2 aromatic carbocycles. The number of sulfonamides is 1. The van der Waals surface area contributed by atoms with E-state index in [0.29, 0.717) is 33.3 Å². The predicted octanol–water partition coefficient (Wildman–Crippen LogP) is 3.49. The lowest BCUT2D eigenvalue weighted by molar-refractivity contribution is 0.174. The van der Waals surface area contributed by atoms with Gasteiger partial charge in [0.05, 0.1) is 10.6 Å². The van der Waals surface area contributed by atoms with Crippen LogP contribution in [-0.4, -0.2) is 15.2 Å². The zero-order chi connectivity index (χ0) is 15.9. The maximum absolute atomic E-state index is 12.6. The zero-order valence-electron chi connectivity index (χ0n) is 12.0. The molecule has 1 heterocycles. The highest BCUT2D eigenvalue weighted by Gasteiger charge is 2.20. The van der Waals surface area contributed by atoms with Crippen LogP contribution in [-0.2, 0) is 10.0 Å². The van der Waals surface area contributed by atoms with Crippen LogP contribution in [0.25, 0.3) is 0 Å². The fourth-order valence-electron chi connectivity index (χ4n) is 2.21. The van der Waals surface area contributed by atoms with Crippen molar-refractivity contribution in [1.82, 2.24) is 0 Å². The van der Waals surface area contributed by atoms with Crippen LogP contribution in [0, 0.1) is 13.8 Å². The lowest BCUT2D eigenvalue weighted by Gasteiger charge is -2.12. The van der Waals surface area contributed by atoms with Gasteiger partial charge in [0.1, 0.15) is 0 Å². The maximum Gasteiger partial charge on any atom is 0.262 e. The highest BCUT2D eigenvalue weighted by molar-refractivity contribution is 7.92. The van der Waals surface area contributed by atoms with Gasteiger partial charge < -0.3 is 9.47 Å². The molecule has 0 amide bonds. The standard InChI is InChI=1S/C15H14ClNO4S/c1-9-6-15(10(2)5-12(9)16)22(18,19)17-11-3-4-13-14(7-11)21-8-20-13/h3-7,17H,8H2,1-2H3. The molecule has 2 aromatic rings. The summed E-state index contributed by atoms with van der Waals surface area (Å²) in [4.78, 5) is 0.201. The second-order valence-electron chi connectivity index (χ2n) is 5.04. The van der Waals surface area contributed by atoms with Gasteiger partial charge in [-0.1, -0.05) is 11.6 Å². The molecule has 0 aromatic heterocycles. The second-order valence-corrected chi connectivity index (χ2v) is 7.10. The normalized spacial score (nSPS) is 13.2. The van der Waals surface area contributed by atoms with Gasteiger partial charge in [-0.2, -0.15) is 0 Å². The fourth-order valence-corrected chi connectivity index (χ4v) is 3.79. The minimum absolute atomic E-state index is 0.140. The van der Waals surface area contributed by atoms with Crippen molar-refractivity contribution in [2.75, 3.05) is 11.5 Å². The lowest BCUT2D eigenvalue weighted by atomic mass is 10.2. The van der Waals surface area contributed by atoms with Crippen molar-refractivity contribution in [3.63, 3.8) is 0 Å². The summed E-state index contributed by atoms with van der Waals surface area (Å²) in [7, 11) is -3.71. The Morgan fingerprint density at radius 1 is 1.05 bits per heavy atom. The summed E-state index contributed by atoms with van der Waals surface area (Å²) in [5.41, 5.74) is 1.71. The van der Waals surface area contributed by atoms with Gasteiger partial charge >= 0.3 is 0 Å². The van der Waals surface area contributed by atoms with Gasteiger partial charge in [0, 0.05) is 11.1 Å². The number of ether oxygens (including phenoxy) is 2. The van der Waals surface area contributed by atoms with Crippen LogP contribution < -0.4 is 14.2 Å². The summed E-state index contributed by atoms with van der Waals surface area (Å²) in [6, 6.07) is 8.10. The van der Waals surface area contributed by atoms with Crippen LogP contribution >= 0.6 is 11.6 Å². The van der Waals surface area contributed by atoms with Crippen molar-refractivity contribution in [1.29, 1.82) is 0 Å². The minimum atomic E-state index is -3.71. The van der Waals surface area contributed by atoms with Crippen molar-refractivity contribution in [2.45, 2.75) is 18.7 Å². The van der Waals surface area contributed by atoms with E-state index < -0.39 is 10.0 Å². The van der Waals surface area contributed by atoms with Crippen molar-refractivity contribution in [2.24, 2.45) is 0 Å². The molecule has 3 rings (SSSR count). The Labute approximate surface area is 133 Å². The molecule has 1 N–H and O–H groups in total. The highest BCUT2D eigenvalue weighted by atomic mass is 35.5. The molecular weight excluding hydrogens is 326 g/mol. The lowest BCUT2D eigenvalue weighted by Crippen LogP contribution is -2.14. The molecule has 22 heavy (non-hydrogen) atoms. The van der Waals surface area contributed by atoms with E-state index in [-0.39, 0.29) is 11.7 Å². The average molecular weight is 340 g/mol. The number of nitrogens with one attached hydrogen (secondary N) is 1.